The molecule has 1 rings (SSSR count). The van der Waals surface area contributed by atoms with E-state index in [9.17, 15) is 9.90 Å². The lowest BCUT2D eigenvalue weighted by molar-refractivity contribution is -0.121. The van der Waals surface area contributed by atoms with Crippen LogP contribution in [0.4, 0.5) is 0 Å². The van der Waals surface area contributed by atoms with Gasteiger partial charge in [0.2, 0.25) is 5.91 Å². The molecule has 2 N–H and O–H groups in total. The van der Waals surface area contributed by atoms with E-state index >= 15 is 0 Å². The Morgan fingerprint density at radius 3 is 2.70 bits per heavy atom. The summed E-state index contributed by atoms with van der Waals surface area (Å²) in [5.74, 6) is 0.139. The first-order valence-electron chi connectivity index (χ1n) is 7.26. The first-order chi connectivity index (χ1) is 9.63. The molecule has 0 fully saturated rings. The number of amides is 1. The predicted molar refractivity (Wildman–Crippen MR) is 81.8 cm³/mol. The highest BCUT2D eigenvalue weighted by atomic mass is 16.3. The van der Waals surface area contributed by atoms with Crippen LogP contribution in [0.15, 0.2) is 29.4 Å². The van der Waals surface area contributed by atoms with Gasteiger partial charge in [0.15, 0.2) is 0 Å². The Morgan fingerprint density at radius 2 is 2.00 bits per heavy atom. The molecule has 0 saturated carbocycles. The van der Waals surface area contributed by atoms with Crippen LogP contribution >= 0.6 is 0 Å². The van der Waals surface area contributed by atoms with Crippen LogP contribution in [0.1, 0.15) is 57.9 Å². The second kappa shape index (κ2) is 9.13. The Kier molecular flexibility index (Phi) is 7.40. The van der Waals surface area contributed by atoms with E-state index in [-0.39, 0.29) is 11.7 Å². The minimum atomic E-state index is -0.0546. The topological polar surface area (TPSA) is 61.7 Å². The van der Waals surface area contributed by atoms with E-state index in [4.69, 9.17) is 0 Å². The van der Waals surface area contributed by atoms with Crippen molar-refractivity contribution in [1.29, 1.82) is 0 Å². The molecule has 0 unspecified atom stereocenters. The zero-order valence-corrected chi connectivity index (χ0v) is 12.4. The smallest absolute Gasteiger partial charge is 0.240 e. The van der Waals surface area contributed by atoms with E-state index in [2.05, 4.69) is 17.5 Å². The lowest BCUT2D eigenvalue weighted by atomic mass is 10.1. The third kappa shape index (κ3) is 6.36. The number of phenolic OH excluding ortho intramolecular Hbond substituents is 1. The maximum absolute atomic E-state index is 11.6. The van der Waals surface area contributed by atoms with E-state index < -0.39 is 0 Å². The summed E-state index contributed by atoms with van der Waals surface area (Å²) in [6, 6.07) is 6.82. The highest BCUT2D eigenvalue weighted by molar-refractivity contribution is 5.99. The first-order valence-corrected chi connectivity index (χ1v) is 7.26. The van der Waals surface area contributed by atoms with Crippen LogP contribution in [0.3, 0.4) is 0 Å². The van der Waals surface area contributed by atoms with Gasteiger partial charge in [-0.15, -0.1) is 0 Å². The summed E-state index contributed by atoms with van der Waals surface area (Å²) in [4.78, 5) is 11.6. The van der Waals surface area contributed by atoms with Crippen LogP contribution < -0.4 is 5.43 Å². The van der Waals surface area contributed by atoms with Gasteiger partial charge in [0, 0.05) is 12.0 Å². The number of benzene rings is 1. The fourth-order valence-electron chi connectivity index (χ4n) is 1.89. The maximum atomic E-state index is 11.6. The second-order valence-corrected chi connectivity index (χ2v) is 4.95. The zero-order chi connectivity index (χ0) is 14.8. The van der Waals surface area contributed by atoms with Gasteiger partial charge in [-0.05, 0) is 25.5 Å². The standard InChI is InChI=1S/C16H24N2O2/c1-3-4-5-6-7-11-16(20)18-17-13(2)14-9-8-10-15(19)12-14/h8-10,12,19H,3-7,11H2,1-2H3,(H,18,20). The Hall–Kier alpha value is -1.84. The molecule has 0 saturated heterocycles. The molecule has 4 heteroatoms. The molecule has 0 radical (unpaired) electrons. The molecule has 1 aromatic carbocycles. The van der Waals surface area contributed by atoms with Crippen LogP contribution in [0.25, 0.3) is 0 Å². The highest BCUT2D eigenvalue weighted by Crippen LogP contribution is 2.11. The Morgan fingerprint density at radius 1 is 1.25 bits per heavy atom. The van der Waals surface area contributed by atoms with Crippen LogP contribution in [0.2, 0.25) is 0 Å². The van der Waals surface area contributed by atoms with Crippen molar-refractivity contribution in [2.45, 2.75) is 52.4 Å². The molecule has 110 valence electrons. The van der Waals surface area contributed by atoms with Crippen molar-refractivity contribution >= 4 is 11.6 Å². The molecular weight excluding hydrogens is 252 g/mol. The Labute approximate surface area is 120 Å². The van der Waals surface area contributed by atoms with Crippen molar-refractivity contribution in [2.75, 3.05) is 0 Å². The summed E-state index contributed by atoms with van der Waals surface area (Å²) < 4.78 is 0. The number of hydrazone groups is 1. The molecule has 1 amide bonds. The molecule has 0 heterocycles. The normalized spacial score (nSPS) is 11.4. The number of carbonyl (C=O) groups excluding carboxylic acids is 1. The van der Waals surface area contributed by atoms with E-state index in [0.717, 1.165) is 18.4 Å². The number of carbonyl (C=O) groups is 1. The number of nitrogens with one attached hydrogen (secondary N) is 1. The van der Waals surface area contributed by atoms with E-state index in [1.54, 1.807) is 25.1 Å². The largest absolute Gasteiger partial charge is 0.508 e. The van der Waals surface area contributed by atoms with Gasteiger partial charge >= 0.3 is 0 Å². The molecule has 0 bridgehead atoms. The summed E-state index contributed by atoms with van der Waals surface area (Å²) in [7, 11) is 0. The molecule has 0 aliphatic heterocycles. The molecule has 0 aliphatic carbocycles. The summed E-state index contributed by atoms with van der Waals surface area (Å²) in [6.07, 6.45) is 6.15. The monoisotopic (exact) mass is 276 g/mol. The quantitative estimate of drug-likeness (QED) is 0.433. The predicted octanol–water partition coefficient (Wildman–Crippen LogP) is 3.59. The average molecular weight is 276 g/mol. The van der Waals surface area contributed by atoms with Crippen molar-refractivity contribution in [1.82, 2.24) is 5.43 Å². The Balaban J connectivity index is 2.33. The molecule has 20 heavy (non-hydrogen) atoms. The third-order valence-electron chi connectivity index (χ3n) is 3.12. The van der Waals surface area contributed by atoms with E-state index in [1.165, 1.54) is 19.3 Å². The number of unbranched alkanes of at least 4 members (excludes halogenated alkanes) is 4. The molecular formula is C16H24N2O2. The highest BCUT2D eigenvalue weighted by Gasteiger charge is 2.02. The van der Waals surface area contributed by atoms with Crippen molar-refractivity contribution in [3.05, 3.63) is 29.8 Å². The van der Waals surface area contributed by atoms with Gasteiger partial charge in [-0.2, -0.15) is 5.10 Å². The van der Waals surface area contributed by atoms with E-state index in [0.29, 0.717) is 12.1 Å². The fourth-order valence-corrected chi connectivity index (χ4v) is 1.89. The van der Waals surface area contributed by atoms with Gasteiger partial charge in [-0.25, -0.2) is 5.43 Å². The minimum absolute atomic E-state index is 0.0546. The number of hydrogen-bond acceptors (Lipinski definition) is 3. The molecule has 0 aromatic heterocycles. The van der Waals surface area contributed by atoms with Crippen molar-refractivity contribution in [2.24, 2.45) is 5.10 Å². The number of hydrogen-bond donors (Lipinski definition) is 2. The number of aromatic hydroxyl groups is 1. The summed E-state index contributed by atoms with van der Waals surface area (Å²) in [5, 5.41) is 13.4. The average Bonchev–Trinajstić information content (AvgIpc) is 2.44. The van der Waals surface area contributed by atoms with Gasteiger partial charge in [-0.3, -0.25) is 4.79 Å². The maximum Gasteiger partial charge on any atom is 0.240 e. The third-order valence-corrected chi connectivity index (χ3v) is 3.12. The van der Waals surface area contributed by atoms with Crippen LogP contribution in [0, 0.1) is 0 Å². The van der Waals surface area contributed by atoms with Crippen molar-refractivity contribution in [3.8, 4) is 5.75 Å². The molecule has 0 spiro atoms. The lowest BCUT2D eigenvalue weighted by Crippen LogP contribution is -2.18. The van der Waals surface area contributed by atoms with Crippen molar-refractivity contribution < 1.29 is 9.90 Å². The second-order valence-electron chi connectivity index (χ2n) is 4.95. The molecule has 4 nitrogen and oxygen atoms in total. The van der Waals surface area contributed by atoms with Crippen LogP contribution in [0.5, 0.6) is 5.75 Å². The summed E-state index contributed by atoms with van der Waals surface area (Å²) in [6.45, 7) is 3.97. The van der Waals surface area contributed by atoms with Gasteiger partial charge in [-0.1, -0.05) is 44.7 Å². The van der Waals surface area contributed by atoms with Crippen LogP contribution in [-0.4, -0.2) is 16.7 Å². The zero-order valence-electron chi connectivity index (χ0n) is 12.4. The molecule has 1 aromatic rings. The van der Waals surface area contributed by atoms with Gasteiger partial charge in [0.05, 0.1) is 5.71 Å². The molecule has 0 aliphatic rings. The Bertz CT molecular complexity index is 456. The number of phenols is 1. The number of rotatable bonds is 8. The fraction of sp³-hybridized carbons (Fsp3) is 0.500. The van der Waals surface area contributed by atoms with Crippen molar-refractivity contribution in [3.63, 3.8) is 0 Å². The van der Waals surface area contributed by atoms with Gasteiger partial charge in [0.25, 0.3) is 0 Å². The summed E-state index contributed by atoms with van der Waals surface area (Å²) >= 11 is 0. The number of nitrogens with zero attached hydrogens (tertiary/aromatic N) is 1. The molecule has 0 atom stereocenters. The van der Waals surface area contributed by atoms with E-state index in [1.807, 2.05) is 6.07 Å². The summed E-state index contributed by atoms with van der Waals surface area (Å²) in [5.41, 5.74) is 4.04. The van der Waals surface area contributed by atoms with Crippen LogP contribution in [-0.2, 0) is 4.79 Å². The minimum Gasteiger partial charge on any atom is -0.508 e. The van der Waals surface area contributed by atoms with Gasteiger partial charge < -0.3 is 5.11 Å². The SMILES string of the molecule is CCCCCCCC(=O)NN=C(C)c1cccc(O)c1. The van der Waals surface area contributed by atoms with Gasteiger partial charge in [0.1, 0.15) is 5.75 Å². The lowest BCUT2D eigenvalue weighted by Gasteiger charge is -2.03. The first kappa shape index (κ1) is 16.2.